The van der Waals surface area contributed by atoms with Crippen LogP contribution in [0.3, 0.4) is 0 Å². The number of non-ortho nitro benzene ring substituents is 1. The van der Waals surface area contributed by atoms with Crippen molar-refractivity contribution in [3.63, 3.8) is 0 Å². The molecule has 0 radical (unpaired) electrons. The molecule has 0 spiro atoms. The summed E-state index contributed by atoms with van der Waals surface area (Å²) in [5.41, 5.74) is -1.63. The summed E-state index contributed by atoms with van der Waals surface area (Å²) < 4.78 is 0.750. The minimum absolute atomic E-state index is 0.0172. The van der Waals surface area contributed by atoms with Crippen molar-refractivity contribution < 1.29 is 9.72 Å². The van der Waals surface area contributed by atoms with Crippen LogP contribution in [0.25, 0.3) is 0 Å². The third-order valence-corrected chi connectivity index (χ3v) is 2.63. The Balaban J connectivity index is 2.58. The summed E-state index contributed by atoms with van der Waals surface area (Å²) in [6.07, 6.45) is 0. The van der Waals surface area contributed by atoms with Gasteiger partial charge in [0.1, 0.15) is 0 Å². The highest BCUT2D eigenvalue weighted by Crippen LogP contribution is 2.14. The average Bonchev–Trinajstić information content (AvgIpc) is 2.37. The third-order valence-electron chi connectivity index (χ3n) is 2.63. The Hall–Kier alpha value is -3.03. The van der Waals surface area contributed by atoms with Crippen LogP contribution < -0.4 is 11.2 Å². The molecule has 2 rings (SSSR count). The van der Waals surface area contributed by atoms with E-state index in [0.29, 0.717) is 0 Å². The predicted molar refractivity (Wildman–Crippen MR) is 68.9 cm³/mol. The van der Waals surface area contributed by atoms with Crippen LogP contribution in [0, 0.1) is 17.0 Å². The number of carbonyl (C=O) groups is 1. The van der Waals surface area contributed by atoms with Crippen molar-refractivity contribution >= 4 is 11.6 Å². The maximum absolute atomic E-state index is 12.2. The van der Waals surface area contributed by atoms with Crippen molar-refractivity contribution in [2.24, 2.45) is 0 Å². The van der Waals surface area contributed by atoms with Gasteiger partial charge in [-0.25, -0.2) is 9.36 Å². The fourth-order valence-electron chi connectivity index (χ4n) is 1.75. The van der Waals surface area contributed by atoms with Crippen LogP contribution in [-0.2, 0) is 0 Å². The van der Waals surface area contributed by atoms with Gasteiger partial charge in [0.15, 0.2) is 0 Å². The van der Waals surface area contributed by atoms with Gasteiger partial charge in [0.2, 0.25) is 0 Å². The molecular formula is C12H9N3O5. The van der Waals surface area contributed by atoms with E-state index in [1.54, 1.807) is 0 Å². The minimum atomic E-state index is -0.883. The van der Waals surface area contributed by atoms with Crippen LogP contribution >= 0.6 is 0 Å². The number of H-pyrrole nitrogens is 1. The molecule has 0 aliphatic carbocycles. The number of benzene rings is 1. The van der Waals surface area contributed by atoms with Gasteiger partial charge in [-0.1, -0.05) is 6.07 Å². The lowest BCUT2D eigenvalue weighted by Crippen LogP contribution is -2.35. The topological polar surface area (TPSA) is 115 Å². The zero-order valence-corrected chi connectivity index (χ0v) is 10.3. The molecule has 1 aromatic carbocycles. The number of aromatic amines is 1. The Labute approximate surface area is 111 Å². The molecule has 2 aromatic rings. The molecule has 0 aliphatic heterocycles. The van der Waals surface area contributed by atoms with Crippen LogP contribution in [0.15, 0.2) is 39.9 Å². The summed E-state index contributed by atoms with van der Waals surface area (Å²) in [4.78, 5) is 46.9. The van der Waals surface area contributed by atoms with Gasteiger partial charge < -0.3 is 0 Å². The molecule has 102 valence electrons. The molecule has 0 amide bonds. The lowest BCUT2D eigenvalue weighted by molar-refractivity contribution is -0.384. The van der Waals surface area contributed by atoms with Crippen molar-refractivity contribution in [3.8, 4) is 0 Å². The first kappa shape index (κ1) is 13.4. The van der Waals surface area contributed by atoms with E-state index in [1.807, 2.05) is 4.98 Å². The van der Waals surface area contributed by atoms with Gasteiger partial charge in [-0.05, 0) is 13.0 Å². The summed E-state index contributed by atoms with van der Waals surface area (Å²) in [5, 5.41) is 10.7. The third kappa shape index (κ3) is 2.39. The Kier molecular flexibility index (Phi) is 3.30. The van der Waals surface area contributed by atoms with E-state index < -0.39 is 22.1 Å². The molecule has 0 saturated carbocycles. The van der Waals surface area contributed by atoms with Crippen LogP contribution in [0.2, 0.25) is 0 Å². The molecule has 0 saturated heterocycles. The predicted octanol–water partition coefficient (Wildman–Crippen LogP) is 0.442. The van der Waals surface area contributed by atoms with Crippen LogP contribution in [0.4, 0.5) is 5.69 Å². The normalized spacial score (nSPS) is 10.2. The van der Waals surface area contributed by atoms with Crippen molar-refractivity contribution in [1.82, 2.24) is 9.55 Å². The number of carbonyl (C=O) groups excluding carboxylic acids is 1. The summed E-state index contributed by atoms with van der Waals surface area (Å²) in [7, 11) is 0. The smallest absolute Gasteiger partial charge is 0.274 e. The zero-order valence-electron chi connectivity index (χ0n) is 10.3. The largest absolute Gasteiger partial charge is 0.335 e. The lowest BCUT2D eigenvalue weighted by Gasteiger charge is -2.06. The molecule has 0 fully saturated rings. The molecular weight excluding hydrogens is 266 g/mol. The van der Waals surface area contributed by atoms with Gasteiger partial charge in [-0.2, -0.15) is 0 Å². The van der Waals surface area contributed by atoms with Crippen LogP contribution in [0.5, 0.6) is 0 Å². The summed E-state index contributed by atoms with van der Waals surface area (Å²) >= 11 is 0. The fraction of sp³-hybridized carbons (Fsp3) is 0.0833. The van der Waals surface area contributed by atoms with E-state index in [4.69, 9.17) is 0 Å². The Bertz CT molecular complexity index is 818. The van der Waals surface area contributed by atoms with Gasteiger partial charge >= 0.3 is 5.69 Å². The molecule has 1 heterocycles. The molecule has 8 nitrogen and oxygen atoms in total. The first-order valence-corrected chi connectivity index (χ1v) is 5.52. The van der Waals surface area contributed by atoms with E-state index in [1.165, 1.54) is 25.1 Å². The highest BCUT2D eigenvalue weighted by Gasteiger charge is 2.16. The summed E-state index contributed by atoms with van der Waals surface area (Å²) in [6.45, 7) is 1.42. The highest BCUT2D eigenvalue weighted by atomic mass is 16.6. The molecule has 0 atom stereocenters. The van der Waals surface area contributed by atoms with Crippen LogP contribution in [-0.4, -0.2) is 20.4 Å². The SMILES string of the molecule is Cc1cc(=O)[nH]c(=O)n1C(=O)c1cccc([N+](=O)[O-])c1. The maximum Gasteiger partial charge on any atom is 0.335 e. The Morgan fingerprint density at radius 3 is 2.60 bits per heavy atom. The standard InChI is InChI=1S/C12H9N3O5/c1-7-5-10(16)13-12(18)14(7)11(17)8-3-2-4-9(6-8)15(19)20/h2-6H,1H3,(H,13,16,18). The van der Waals surface area contributed by atoms with E-state index >= 15 is 0 Å². The molecule has 1 aromatic heterocycles. The number of aryl methyl sites for hydroxylation is 1. The number of nitro benzene ring substituents is 1. The van der Waals surface area contributed by atoms with Gasteiger partial charge in [-0.15, -0.1) is 0 Å². The molecule has 20 heavy (non-hydrogen) atoms. The first-order valence-electron chi connectivity index (χ1n) is 5.52. The van der Waals surface area contributed by atoms with Crippen LogP contribution in [0.1, 0.15) is 16.1 Å². The van der Waals surface area contributed by atoms with E-state index in [0.717, 1.165) is 16.7 Å². The zero-order chi connectivity index (χ0) is 14.9. The number of nitrogens with zero attached hydrogens (tertiary/aromatic N) is 2. The number of hydrogen-bond donors (Lipinski definition) is 1. The lowest BCUT2D eigenvalue weighted by atomic mass is 10.2. The second kappa shape index (κ2) is 4.92. The second-order valence-corrected chi connectivity index (χ2v) is 4.03. The second-order valence-electron chi connectivity index (χ2n) is 4.03. The fourth-order valence-corrected chi connectivity index (χ4v) is 1.75. The van der Waals surface area contributed by atoms with E-state index in [2.05, 4.69) is 0 Å². The van der Waals surface area contributed by atoms with E-state index in [-0.39, 0.29) is 16.9 Å². The van der Waals surface area contributed by atoms with Crippen molar-refractivity contribution in [2.75, 3.05) is 0 Å². The summed E-state index contributed by atoms with van der Waals surface area (Å²) in [5.74, 6) is -0.743. The monoisotopic (exact) mass is 275 g/mol. The Morgan fingerprint density at radius 1 is 1.30 bits per heavy atom. The van der Waals surface area contributed by atoms with Crippen molar-refractivity contribution in [1.29, 1.82) is 0 Å². The van der Waals surface area contributed by atoms with Crippen molar-refractivity contribution in [3.05, 3.63) is 72.5 Å². The number of aromatic nitrogens is 2. The molecule has 0 unspecified atom stereocenters. The van der Waals surface area contributed by atoms with Crippen molar-refractivity contribution in [2.45, 2.75) is 6.92 Å². The average molecular weight is 275 g/mol. The number of nitrogens with one attached hydrogen (secondary N) is 1. The summed E-state index contributed by atoms with van der Waals surface area (Å²) in [6, 6.07) is 6.10. The number of nitro groups is 1. The highest BCUT2D eigenvalue weighted by molar-refractivity contribution is 5.96. The molecule has 1 N–H and O–H groups in total. The number of hydrogen-bond acceptors (Lipinski definition) is 5. The molecule has 0 bridgehead atoms. The molecule has 8 heteroatoms. The van der Waals surface area contributed by atoms with Gasteiger partial charge in [0.05, 0.1) is 4.92 Å². The van der Waals surface area contributed by atoms with Gasteiger partial charge in [0, 0.05) is 29.5 Å². The molecule has 0 aliphatic rings. The first-order chi connectivity index (χ1) is 9.40. The van der Waals surface area contributed by atoms with Gasteiger partial charge in [0.25, 0.3) is 17.2 Å². The van der Waals surface area contributed by atoms with E-state index in [9.17, 15) is 24.5 Å². The van der Waals surface area contributed by atoms with Gasteiger partial charge in [-0.3, -0.25) is 24.7 Å². The number of rotatable bonds is 2. The maximum atomic E-state index is 12.2. The minimum Gasteiger partial charge on any atom is -0.274 e. The quantitative estimate of drug-likeness (QED) is 0.630. The Morgan fingerprint density at radius 2 is 2.00 bits per heavy atom.